The third-order valence-electron chi connectivity index (χ3n) is 4.96. The first kappa shape index (κ1) is 19.8. The quantitative estimate of drug-likeness (QED) is 0.300. The first-order valence-electron chi connectivity index (χ1n) is 9.35. The molecule has 0 aliphatic rings. The molecule has 0 saturated carbocycles. The molecule has 1 aromatic heterocycles. The van der Waals surface area contributed by atoms with Gasteiger partial charge in [-0.1, -0.05) is 24.3 Å². The Morgan fingerprint density at radius 3 is 1.55 bits per heavy atom. The minimum absolute atomic E-state index is 0.0514. The summed E-state index contributed by atoms with van der Waals surface area (Å²) in [4.78, 5) is 22.4. The monoisotopic (exact) mass is 415 g/mol. The van der Waals surface area contributed by atoms with Crippen LogP contribution in [-0.4, -0.2) is 21.5 Å². The summed E-state index contributed by atoms with van der Waals surface area (Å²) >= 11 is 0. The van der Waals surface area contributed by atoms with Crippen LogP contribution in [0.5, 0.6) is 5.75 Å². The third-order valence-corrected chi connectivity index (χ3v) is 4.96. The number of methoxy groups -OCH3 is 1. The molecule has 0 saturated heterocycles. The average Bonchev–Trinajstić information content (AvgIpc) is 3.24. The molecular weight excluding hydrogens is 398 g/mol. The topological polar surface area (TPSA) is 100 Å². The highest BCUT2D eigenvalue weighted by Gasteiger charge is 2.24. The van der Waals surface area contributed by atoms with E-state index in [1.807, 2.05) is 0 Å². The normalized spacial score (nSPS) is 10.6. The van der Waals surface area contributed by atoms with Gasteiger partial charge in [-0.05, 0) is 48.5 Å². The molecule has 8 heteroatoms. The molecule has 3 aromatic carbocycles. The zero-order chi connectivity index (χ0) is 22.0. The zero-order valence-electron chi connectivity index (χ0n) is 16.5. The van der Waals surface area contributed by atoms with E-state index < -0.39 is 9.85 Å². The number of ether oxygens (including phenoxy) is 1. The number of hydrogen-bond acceptors (Lipinski definition) is 5. The molecule has 0 aliphatic heterocycles. The fraction of sp³-hybridized carbons (Fsp3) is 0.0435. The molecule has 0 spiro atoms. The van der Waals surface area contributed by atoms with Gasteiger partial charge < -0.3 is 9.30 Å². The molecule has 1 heterocycles. The predicted molar refractivity (Wildman–Crippen MR) is 117 cm³/mol. The summed E-state index contributed by atoms with van der Waals surface area (Å²) in [6.45, 7) is 0. The molecule has 0 fully saturated rings. The fourth-order valence-corrected chi connectivity index (χ4v) is 3.57. The molecule has 0 aliphatic carbocycles. The molecule has 0 atom stereocenters. The maximum absolute atomic E-state index is 11.6. The van der Waals surface area contributed by atoms with Gasteiger partial charge >= 0.3 is 0 Å². The SMILES string of the molecule is COc1ccc(-n2c(-c3ccccc3[N+](=O)[O-])ccc2-c2ccccc2[N+](=O)[O-])cc1. The molecule has 31 heavy (non-hydrogen) atoms. The number of benzene rings is 3. The summed E-state index contributed by atoms with van der Waals surface area (Å²) in [5.74, 6) is 0.649. The smallest absolute Gasteiger partial charge is 0.278 e. The highest BCUT2D eigenvalue weighted by atomic mass is 16.6. The van der Waals surface area contributed by atoms with Crippen LogP contribution >= 0.6 is 0 Å². The van der Waals surface area contributed by atoms with E-state index in [2.05, 4.69) is 0 Å². The summed E-state index contributed by atoms with van der Waals surface area (Å²) in [7, 11) is 1.56. The van der Waals surface area contributed by atoms with Gasteiger partial charge in [0.05, 0.1) is 39.5 Å². The number of nitrogens with zero attached hydrogens (tertiary/aromatic N) is 3. The van der Waals surface area contributed by atoms with Crippen LogP contribution in [0.3, 0.4) is 0 Å². The van der Waals surface area contributed by atoms with Crippen LogP contribution in [-0.2, 0) is 0 Å². The Labute approximate surface area is 177 Å². The van der Waals surface area contributed by atoms with Gasteiger partial charge in [0.15, 0.2) is 0 Å². The van der Waals surface area contributed by atoms with E-state index in [4.69, 9.17) is 4.74 Å². The van der Waals surface area contributed by atoms with Crippen molar-refractivity contribution in [2.24, 2.45) is 0 Å². The van der Waals surface area contributed by atoms with Crippen LogP contribution in [0, 0.1) is 20.2 Å². The van der Waals surface area contributed by atoms with Crippen LogP contribution in [0.4, 0.5) is 11.4 Å². The minimum Gasteiger partial charge on any atom is -0.497 e. The van der Waals surface area contributed by atoms with Gasteiger partial charge in [0.2, 0.25) is 0 Å². The Bertz CT molecular complexity index is 1200. The Balaban J connectivity index is 2.03. The van der Waals surface area contributed by atoms with Crippen LogP contribution in [0.2, 0.25) is 0 Å². The molecule has 154 valence electrons. The third kappa shape index (κ3) is 3.62. The zero-order valence-corrected chi connectivity index (χ0v) is 16.5. The molecule has 0 amide bonds. The molecule has 4 aromatic rings. The number of para-hydroxylation sites is 2. The summed E-state index contributed by atoms with van der Waals surface area (Å²) in [6.07, 6.45) is 0. The number of rotatable bonds is 6. The van der Waals surface area contributed by atoms with Crippen molar-refractivity contribution in [2.75, 3.05) is 7.11 Å². The summed E-state index contributed by atoms with van der Waals surface area (Å²) in [5, 5.41) is 23.3. The number of aromatic nitrogens is 1. The second kappa shape index (κ2) is 8.11. The lowest BCUT2D eigenvalue weighted by Crippen LogP contribution is -2.02. The van der Waals surface area contributed by atoms with Gasteiger partial charge in [-0.2, -0.15) is 0 Å². The van der Waals surface area contributed by atoms with E-state index in [1.165, 1.54) is 12.1 Å². The van der Waals surface area contributed by atoms with Crippen molar-refractivity contribution in [1.82, 2.24) is 4.57 Å². The number of hydrogen-bond donors (Lipinski definition) is 0. The largest absolute Gasteiger partial charge is 0.497 e. The van der Waals surface area contributed by atoms with Gasteiger partial charge in [0.25, 0.3) is 11.4 Å². The first-order valence-corrected chi connectivity index (χ1v) is 9.35. The number of nitro groups is 2. The Hall–Kier alpha value is -4.46. The molecule has 0 bridgehead atoms. The lowest BCUT2D eigenvalue weighted by atomic mass is 10.1. The average molecular weight is 415 g/mol. The molecular formula is C23H17N3O5. The summed E-state index contributed by atoms with van der Waals surface area (Å²) in [6, 6.07) is 23.4. The van der Waals surface area contributed by atoms with Crippen LogP contribution in [0.25, 0.3) is 28.2 Å². The van der Waals surface area contributed by atoms with Gasteiger partial charge in [-0.3, -0.25) is 20.2 Å². The van der Waals surface area contributed by atoms with Crippen molar-refractivity contribution in [3.63, 3.8) is 0 Å². The van der Waals surface area contributed by atoms with Crippen molar-refractivity contribution in [3.8, 4) is 34.0 Å². The molecule has 0 N–H and O–H groups in total. The van der Waals surface area contributed by atoms with E-state index in [-0.39, 0.29) is 11.4 Å². The van der Waals surface area contributed by atoms with Gasteiger partial charge in [-0.15, -0.1) is 0 Å². The second-order valence-corrected chi connectivity index (χ2v) is 6.69. The highest BCUT2D eigenvalue weighted by Crippen LogP contribution is 2.39. The van der Waals surface area contributed by atoms with Crippen LogP contribution < -0.4 is 4.74 Å². The van der Waals surface area contributed by atoms with Crippen LogP contribution in [0.15, 0.2) is 84.9 Å². The maximum atomic E-state index is 11.6. The molecule has 0 radical (unpaired) electrons. The Morgan fingerprint density at radius 2 is 1.13 bits per heavy atom. The van der Waals surface area contributed by atoms with E-state index >= 15 is 0 Å². The second-order valence-electron chi connectivity index (χ2n) is 6.69. The Morgan fingerprint density at radius 1 is 0.677 bits per heavy atom. The van der Waals surface area contributed by atoms with Crippen molar-refractivity contribution in [2.45, 2.75) is 0 Å². The predicted octanol–water partition coefficient (Wildman–Crippen LogP) is 5.64. The lowest BCUT2D eigenvalue weighted by molar-refractivity contribution is -0.384. The van der Waals surface area contributed by atoms with Gasteiger partial charge in [0, 0.05) is 17.8 Å². The Kier molecular flexibility index (Phi) is 5.19. The van der Waals surface area contributed by atoms with Crippen LogP contribution in [0.1, 0.15) is 0 Å². The van der Waals surface area contributed by atoms with E-state index in [9.17, 15) is 20.2 Å². The van der Waals surface area contributed by atoms with Gasteiger partial charge in [0.1, 0.15) is 5.75 Å². The van der Waals surface area contributed by atoms with Gasteiger partial charge in [-0.25, -0.2) is 0 Å². The highest BCUT2D eigenvalue weighted by molar-refractivity contribution is 5.81. The summed E-state index contributed by atoms with van der Waals surface area (Å²) < 4.78 is 7.01. The first-order chi connectivity index (χ1) is 15.0. The van der Waals surface area contributed by atoms with E-state index in [0.29, 0.717) is 34.0 Å². The molecule has 4 rings (SSSR count). The van der Waals surface area contributed by atoms with Crippen molar-refractivity contribution >= 4 is 11.4 Å². The fourth-order valence-electron chi connectivity index (χ4n) is 3.57. The maximum Gasteiger partial charge on any atom is 0.278 e. The standard InChI is InChI=1S/C23H17N3O5/c1-31-17-12-10-16(11-13-17)24-20(18-6-2-4-8-22(18)25(27)28)14-15-21(24)19-7-3-5-9-23(19)26(29)30/h2-15H,1H3. The van der Waals surface area contributed by atoms with Crippen molar-refractivity contribution < 1.29 is 14.6 Å². The van der Waals surface area contributed by atoms with Crippen molar-refractivity contribution in [3.05, 3.63) is 105 Å². The van der Waals surface area contributed by atoms with E-state index in [0.717, 1.165) is 0 Å². The molecule has 8 nitrogen and oxygen atoms in total. The van der Waals surface area contributed by atoms with E-state index in [1.54, 1.807) is 84.5 Å². The van der Waals surface area contributed by atoms with Crippen molar-refractivity contribution in [1.29, 1.82) is 0 Å². The lowest BCUT2D eigenvalue weighted by Gasteiger charge is -2.15. The number of nitro benzene ring substituents is 2. The minimum atomic E-state index is -0.439. The summed E-state index contributed by atoms with van der Waals surface area (Å²) in [5.41, 5.74) is 2.50. The molecule has 0 unspecified atom stereocenters.